The fourth-order valence-corrected chi connectivity index (χ4v) is 4.49. The third-order valence-electron chi connectivity index (χ3n) is 7.12. The normalized spacial score (nSPS) is 10.7. The van der Waals surface area contributed by atoms with Crippen molar-refractivity contribution in [1.82, 2.24) is 19.7 Å². The van der Waals surface area contributed by atoms with Gasteiger partial charge in [-0.2, -0.15) is 0 Å². The Hall–Kier alpha value is -4.29. The molecule has 238 valence electrons. The number of nitrogens with two attached hydrogens (primary N) is 1. The number of carbonyl (C=O) groups excluding carboxylic acids is 4. The number of aromatic nitrogens is 1. The molecule has 0 saturated heterocycles. The van der Waals surface area contributed by atoms with Crippen LogP contribution in [-0.2, 0) is 0 Å². The van der Waals surface area contributed by atoms with Gasteiger partial charge >= 0.3 is 24.3 Å². The number of benzene rings is 1. The molecule has 0 saturated carbocycles. The summed E-state index contributed by atoms with van der Waals surface area (Å²) >= 11 is 0. The van der Waals surface area contributed by atoms with E-state index < -0.39 is 24.3 Å². The maximum atomic E-state index is 13.1. The van der Waals surface area contributed by atoms with E-state index in [2.05, 4.69) is 4.98 Å². The molecule has 0 atom stereocenters. The predicted molar refractivity (Wildman–Crippen MR) is 165 cm³/mol. The Morgan fingerprint density at radius 2 is 1.12 bits per heavy atom. The van der Waals surface area contributed by atoms with E-state index >= 15 is 0 Å². The van der Waals surface area contributed by atoms with Gasteiger partial charge in [0.1, 0.15) is 5.69 Å². The molecule has 0 aliphatic carbocycles. The van der Waals surface area contributed by atoms with E-state index in [4.69, 9.17) is 19.9 Å². The number of hydrogen-bond donors (Lipinski definition) is 1. The van der Waals surface area contributed by atoms with E-state index in [0.29, 0.717) is 62.2 Å². The largest absolute Gasteiger partial charge is 0.416 e. The summed E-state index contributed by atoms with van der Waals surface area (Å²) in [5, 5.41) is 0.847. The van der Waals surface area contributed by atoms with Gasteiger partial charge in [0.15, 0.2) is 11.5 Å². The summed E-state index contributed by atoms with van der Waals surface area (Å²) in [6.07, 6.45) is -0.557. The highest BCUT2D eigenvalue weighted by Gasteiger charge is 2.28. The molecule has 13 heteroatoms. The summed E-state index contributed by atoms with van der Waals surface area (Å²) in [7, 11) is 0. The molecule has 0 spiro atoms. The van der Waals surface area contributed by atoms with Gasteiger partial charge in [-0.1, -0.05) is 13.3 Å². The van der Waals surface area contributed by atoms with Crippen LogP contribution in [0.2, 0.25) is 0 Å². The first-order chi connectivity index (χ1) is 20.5. The monoisotopic (exact) mass is 602 g/mol. The molecule has 2 aromatic rings. The maximum absolute atomic E-state index is 13.1. The number of rotatable bonds is 13. The Bertz CT molecular complexity index is 1290. The lowest BCUT2D eigenvalue weighted by Crippen LogP contribution is -2.38. The molecular weight excluding hydrogens is 556 g/mol. The minimum Gasteiger partial charge on any atom is -0.406 e. The molecule has 1 heterocycles. The van der Waals surface area contributed by atoms with Crippen molar-refractivity contribution in [2.24, 2.45) is 5.73 Å². The summed E-state index contributed by atoms with van der Waals surface area (Å²) in [5.74, 6) is -0.184. The zero-order chi connectivity index (χ0) is 32.3. The van der Waals surface area contributed by atoms with Gasteiger partial charge in [-0.25, -0.2) is 24.2 Å². The number of urea groups is 1. The van der Waals surface area contributed by atoms with E-state index in [0.717, 1.165) is 6.42 Å². The Morgan fingerprint density at radius 1 is 0.698 bits per heavy atom. The number of aryl methyl sites for hydroxylation is 1. The SMILES string of the molecule is CCCCN(C(N)=O)c1c(OC(=O)N(CC)CC)nc(C)c2cc(OC(=O)N(CC)CC)c(OC(=O)N(CC)CC)cc12. The van der Waals surface area contributed by atoms with Crippen LogP contribution in [0.1, 0.15) is 67.0 Å². The summed E-state index contributed by atoms with van der Waals surface area (Å²) < 4.78 is 17.3. The van der Waals surface area contributed by atoms with Gasteiger partial charge in [0.2, 0.25) is 5.88 Å². The molecule has 43 heavy (non-hydrogen) atoms. The fourth-order valence-electron chi connectivity index (χ4n) is 4.49. The average molecular weight is 603 g/mol. The predicted octanol–water partition coefficient (Wildman–Crippen LogP) is 5.75. The molecule has 2 rings (SSSR count). The quantitative estimate of drug-likeness (QED) is 0.305. The van der Waals surface area contributed by atoms with Gasteiger partial charge in [-0.3, -0.25) is 4.90 Å². The Morgan fingerprint density at radius 3 is 1.51 bits per heavy atom. The minimum absolute atomic E-state index is 0.00664. The summed E-state index contributed by atoms with van der Waals surface area (Å²) in [5.41, 5.74) is 6.41. The van der Waals surface area contributed by atoms with Crippen molar-refractivity contribution < 1.29 is 33.4 Å². The highest BCUT2D eigenvalue weighted by atomic mass is 16.6. The van der Waals surface area contributed by atoms with E-state index in [1.54, 1.807) is 6.92 Å². The number of primary amides is 1. The fraction of sp³-hybridized carbons (Fsp3) is 0.567. The van der Waals surface area contributed by atoms with Crippen LogP contribution < -0.4 is 24.8 Å². The molecule has 0 aliphatic heterocycles. The van der Waals surface area contributed by atoms with Crippen molar-refractivity contribution in [1.29, 1.82) is 0 Å². The van der Waals surface area contributed by atoms with Gasteiger partial charge < -0.3 is 34.6 Å². The van der Waals surface area contributed by atoms with Crippen LogP contribution in [0.25, 0.3) is 10.8 Å². The first kappa shape index (κ1) is 34.9. The van der Waals surface area contributed by atoms with Crippen molar-refractivity contribution >= 4 is 40.8 Å². The van der Waals surface area contributed by atoms with Crippen LogP contribution in [0.15, 0.2) is 12.1 Å². The third-order valence-corrected chi connectivity index (χ3v) is 7.12. The second-order valence-electron chi connectivity index (χ2n) is 9.66. The highest BCUT2D eigenvalue weighted by molar-refractivity contribution is 6.07. The van der Waals surface area contributed by atoms with Gasteiger partial charge in [-0.15, -0.1) is 0 Å². The van der Waals surface area contributed by atoms with Crippen molar-refractivity contribution in [3.8, 4) is 17.4 Å². The zero-order valence-electron chi connectivity index (χ0n) is 26.7. The van der Waals surface area contributed by atoms with Gasteiger partial charge in [-0.05, 0) is 67.0 Å². The Kier molecular flexibility index (Phi) is 13.3. The lowest BCUT2D eigenvalue weighted by Gasteiger charge is -2.26. The van der Waals surface area contributed by atoms with E-state index in [-0.39, 0.29) is 29.6 Å². The van der Waals surface area contributed by atoms with Gasteiger partial charge in [0.25, 0.3) is 0 Å². The topological polar surface area (TPSA) is 148 Å². The van der Waals surface area contributed by atoms with E-state index in [1.165, 1.54) is 31.7 Å². The zero-order valence-corrected chi connectivity index (χ0v) is 26.7. The lowest BCUT2D eigenvalue weighted by atomic mass is 10.1. The average Bonchev–Trinajstić information content (AvgIpc) is 2.97. The number of nitrogens with zero attached hydrogens (tertiary/aromatic N) is 5. The molecule has 1 aromatic heterocycles. The first-order valence-corrected chi connectivity index (χ1v) is 15.0. The van der Waals surface area contributed by atoms with Gasteiger partial charge in [0, 0.05) is 62.3 Å². The van der Waals surface area contributed by atoms with E-state index in [1.807, 2.05) is 48.5 Å². The number of ether oxygens (including phenoxy) is 3. The van der Waals surface area contributed by atoms with Crippen molar-refractivity contribution in [3.63, 3.8) is 0 Å². The maximum Gasteiger partial charge on any atom is 0.416 e. The number of fused-ring (bicyclic) bond motifs is 1. The third kappa shape index (κ3) is 8.39. The standard InChI is InChI=1S/C30H46N6O7/c1-9-16-17-36(27(31)37)25-22-19-24(42-29(39)34(12-4)13-5)23(41-28(38)33(10-2)11-3)18-21(22)20(8)32-26(25)43-30(40)35(14-6)15-7/h18-19H,9-17H2,1-8H3,(H2,31,37). The summed E-state index contributed by atoms with van der Waals surface area (Å²) in [6.45, 7) is 17.2. The van der Waals surface area contributed by atoms with Crippen LogP contribution in [0, 0.1) is 6.92 Å². The molecule has 13 nitrogen and oxygen atoms in total. The van der Waals surface area contributed by atoms with Crippen LogP contribution in [-0.4, -0.2) is 89.8 Å². The van der Waals surface area contributed by atoms with Crippen molar-refractivity contribution in [2.75, 3.05) is 50.7 Å². The van der Waals surface area contributed by atoms with Crippen molar-refractivity contribution in [2.45, 2.75) is 68.2 Å². The molecule has 2 N–H and O–H groups in total. The Labute approximate surface area is 253 Å². The number of carbonyl (C=O) groups is 4. The molecule has 0 aliphatic rings. The molecule has 0 fully saturated rings. The lowest BCUT2D eigenvalue weighted by molar-refractivity contribution is 0.146. The van der Waals surface area contributed by atoms with Crippen LogP contribution in [0.5, 0.6) is 17.4 Å². The summed E-state index contributed by atoms with van der Waals surface area (Å²) in [6, 6.07) is 2.24. The number of anilines is 1. The minimum atomic E-state index is -0.778. The summed E-state index contributed by atoms with van der Waals surface area (Å²) in [4.78, 5) is 62.1. The molecular formula is C30H46N6O7. The first-order valence-electron chi connectivity index (χ1n) is 15.0. The number of pyridine rings is 1. The second kappa shape index (κ2) is 16.4. The van der Waals surface area contributed by atoms with Crippen LogP contribution >= 0.6 is 0 Å². The van der Waals surface area contributed by atoms with Gasteiger partial charge in [0.05, 0.1) is 0 Å². The number of unbranched alkanes of at least 4 members (excludes halogenated alkanes) is 1. The molecule has 5 amide bonds. The van der Waals surface area contributed by atoms with Crippen LogP contribution in [0.3, 0.4) is 0 Å². The van der Waals surface area contributed by atoms with Crippen molar-refractivity contribution in [3.05, 3.63) is 17.8 Å². The molecule has 0 bridgehead atoms. The Balaban J connectivity index is 2.94. The highest BCUT2D eigenvalue weighted by Crippen LogP contribution is 2.42. The van der Waals surface area contributed by atoms with Crippen LogP contribution in [0.4, 0.5) is 24.9 Å². The van der Waals surface area contributed by atoms with E-state index in [9.17, 15) is 19.2 Å². The number of amides is 5. The molecule has 1 aromatic carbocycles. The smallest absolute Gasteiger partial charge is 0.406 e. The molecule has 0 unspecified atom stereocenters. The molecule has 0 radical (unpaired) electrons. The number of hydrogen-bond acceptors (Lipinski definition) is 8. The second-order valence-corrected chi connectivity index (χ2v) is 9.66.